The SMILES string of the molecule is CCNC(=O)C[C@@H](C)c1ccc(OC2CN(c3ncc(C4CC4)cn3)C2)cc1. The van der Waals surface area contributed by atoms with Gasteiger partial charge in [0.25, 0.3) is 0 Å². The predicted molar refractivity (Wildman–Crippen MR) is 109 cm³/mol. The van der Waals surface area contributed by atoms with Gasteiger partial charge in [-0.15, -0.1) is 0 Å². The van der Waals surface area contributed by atoms with Gasteiger partial charge in [0, 0.05) is 25.4 Å². The molecule has 0 radical (unpaired) electrons. The Bertz CT molecular complexity index is 796. The van der Waals surface area contributed by atoms with Crippen LogP contribution in [0.1, 0.15) is 56.1 Å². The molecular formula is C22H28N4O2. The van der Waals surface area contributed by atoms with Gasteiger partial charge in [0.1, 0.15) is 11.9 Å². The summed E-state index contributed by atoms with van der Waals surface area (Å²) in [4.78, 5) is 22.9. The van der Waals surface area contributed by atoms with Crippen LogP contribution in [0, 0.1) is 0 Å². The van der Waals surface area contributed by atoms with E-state index in [1.807, 2.05) is 31.5 Å². The lowest BCUT2D eigenvalue weighted by molar-refractivity contribution is -0.121. The van der Waals surface area contributed by atoms with E-state index in [0.717, 1.165) is 30.4 Å². The number of benzene rings is 1. The number of ether oxygens (including phenoxy) is 1. The molecular weight excluding hydrogens is 352 g/mol. The normalized spacial score (nSPS) is 17.7. The molecule has 6 heteroatoms. The number of hydrogen-bond acceptors (Lipinski definition) is 5. The molecule has 1 aliphatic heterocycles. The maximum absolute atomic E-state index is 11.7. The van der Waals surface area contributed by atoms with Crippen molar-refractivity contribution in [3.05, 3.63) is 47.8 Å². The summed E-state index contributed by atoms with van der Waals surface area (Å²) in [5.74, 6) is 2.63. The minimum atomic E-state index is 0.0947. The second kappa shape index (κ2) is 8.17. The smallest absolute Gasteiger partial charge is 0.225 e. The molecule has 0 bridgehead atoms. The van der Waals surface area contributed by atoms with E-state index in [9.17, 15) is 4.79 Å². The lowest BCUT2D eigenvalue weighted by Gasteiger charge is -2.38. The molecule has 6 nitrogen and oxygen atoms in total. The summed E-state index contributed by atoms with van der Waals surface area (Å²) < 4.78 is 6.05. The summed E-state index contributed by atoms with van der Waals surface area (Å²) >= 11 is 0. The van der Waals surface area contributed by atoms with Crippen molar-refractivity contribution in [2.75, 3.05) is 24.5 Å². The third kappa shape index (κ3) is 4.43. The maximum Gasteiger partial charge on any atom is 0.225 e. The Hall–Kier alpha value is -2.63. The maximum atomic E-state index is 11.7. The van der Waals surface area contributed by atoms with E-state index >= 15 is 0 Å². The second-order valence-electron chi connectivity index (χ2n) is 7.86. The van der Waals surface area contributed by atoms with Crippen LogP contribution in [0.4, 0.5) is 5.95 Å². The van der Waals surface area contributed by atoms with Gasteiger partial charge >= 0.3 is 0 Å². The molecule has 0 unspecified atom stereocenters. The van der Waals surface area contributed by atoms with Crippen LogP contribution in [0.5, 0.6) is 5.75 Å². The highest BCUT2D eigenvalue weighted by molar-refractivity contribution is 5.76. The van der Waals surface area contributed by atoms with E-state index in [2.05, 4.69) is 39.2 Å². The van der Waals surface area contributed by atoms with Gasteiger partial charge in [0.2, 0.25) is 11.9 Å². The minimum Gasteiger partial charge on any atom is -0.487 e. The van der Waals surface area contributed by atoms with Crippen molar-refractivity contribution >= 4 is 11.9 Å². The van der Waals surface area contributed by atoms with E-state index in [1.165, 1.54) is 18.4 Å². The highest BCUT2D eigenvalue weighted by Crippen LogP contribution is 2.39. The Morgan fingerprint density at radius 3 is 2.50 bits per heavy atom. The van der Waals surface area contributed by atoms with Crippen LogP contribution in [-0.4, -0.2) is 41.6 Å². The summed E-state index contributed by atoms with van der Waals surface area (Å²) in [5, 5.41) is 2.85. The molecule has 2 aliphatic rings. The highest BCUT2D eigenvalue weighted by Gasteiger charge is 2.31. The van der Waals surface area contributed by atoms with Crippen molar-refractivity contribution < 1.29 is 9.53 Å². The van der Waals surface area contributed by atoms with Gasteiger partial charge in [-0.05, 0) is 54.9 Å². The van der Waals surface area contributed by atoms with Crippen LogP contribution in [0.3, 0.4) is 0 Å². The summed E-state index contributed by atoms with van der Waals surface area (Å²) in [6.45, 7) is 6.29. The Kier molecular flexibility index (Phi) is 5.46. The van der Waals surface area contributed by atoms with Crippen molar-refractivity contribution in [3.8, 4) is 5.75 Å². The zero-order valence-corrected chi connectivity index (χ0v) is 16.6. The average molecular weight is 380 g/mol. The lowest BCUT2D eigenvalue weighted by atomic mass is 9.97. The van der Waals surface area contributed by atoms with Crippen molar-refractivity contribution in [2.24, 2.45) is 0 Å². The first-order valence-electron chi connectivity index (χ1n) is 10.2. The van der Waals surface area contributed by atoms with Gasteiger partial charge in [-0.3, -0.25) is 4.79 Å². The van der Waals surface area contributed by atoms with Gasteiger partial charge in [-0.1, -0.05) is 19.1 Å². The number of aromatic nitrogens is 2. The first kappa shape index (κ1) is 18.7. The van der Waals surface area contributed by atoms with Crippen LogP contribution in [-0.2, 0) is 4.79 Å². The minimum absolute atomic E-state index is 0.0947. The molecule has 1 aromatic heterocycles. The van der Waals surface area contributed by atoms with Crippen molar-refractivity contribution in [1.29, 1.82) is 0 Å². The quantitative estimate of drug-likeness (QED) is 0.761. The van der Waals surface area contributed by atoms with E-state index in [-0.39, 0.29) is 17.9 Å². The molecule has 1 aromatic carbocycles. The molecule has 1 atom stereocenters. The number of anilines is 1. The Balaban J connectivity index is 1.24. The molecule has 1 saturated carbocycles. The van der Waals surface area contributed by atoms with E-state index < -0.39 is 0 Å². The van der Waals surface area contributed by atoms with Crippen LogP contribution in [0.15, 0.2) is 36.7 Å². The molecule has 28 heavy (non-hydrogen) atoms. The monoisotopic (exact) mass is 380 g/mol. The van der Waals surface area contributed by atoms with Crippen LogP contribution >= 0.6 is 0 Å². The third-order valence-electron chi connectivity index (χ3n) is 5.46. The van der Waals surface area contributed by atoms with Crippen LogP contribution < -0.4 is 15.0 Å². The topological polar surface area (TPSA) is 67.3 Å². The predicted octanol–water partition coefficient (Wildman–Crippen LogP) is 3.25. The summed E-state index contributed by atoms with van der Waals surface area (Å²) in [5.41, 5.74) is 2.41. The molecule has 148 valence electrons. The molecule has 1 saturated heterocycles. The molecule has 1 amide bonds. The van der Waals surface area contributed by atoms with E-state index in [1.54, 1.807) is 0 Å². The van der Waals surface area contributed by atoms with Gasteiger partial charge in [0.05, 0.1) is 13.1 Å². The molecule has 4 rings (SSSR count). The van der Waals surface area contributed by atoms with Gasteiger partial charge in [0.15, 0.2) is 0 Å². The Morgan fingerprint density at radius 1 is 1.21 bits per heavy atom. The lowest BCUT2D eigenvalue weighted by Crippen LogP contribution is -2.54. The van der Waals surface area contributed by atoms with E-state index in [0.29, 0.717) is 18.9 Å². The Morgan fingerprint density at radius 2 is 1.89 bits per heavy atom. The van der Waals surface area contributed by atoms with Gasteiger partial charge in [-0.2, -0.15) is 0 Å². The standard InChI is InChI=1S/C22H28N4O2/c1-3-23-21(27)10-15(2)16-6-8-19(9-7-16)28-20-13-26(14-20)22-24-11-18(12-25-22)17-4-5-17/h6-9,11-12,15,17,20H,3-5,10,13-14H2,1-2H3,(H,23,27)/t15-/m1/s1. The third-order valence-corrected chi connectivity index (χ3v) is 5.46. The average Bonchev–Trinajstić information content (AvgIpc) is 3.50. The molecule has 2 fully saturated rings. The molecule has 2 aromatic rings. The number of nitrogens with zero attached hydrogens (tertiary/aromatic N) is 3. The van der Waals surface area contributed by atoms with Crippen molar-refractivity contribution in [2.45, 2.75) is 51.0 Å². The zero-order valence-electron chi connectivity index (χ0n) is 16.6. The number of hydrogen-bond donors (Lipinski definition) is 1. The zero-order chi connectivity index (χ0) is 19.5. The Labute approximate surface area is 166 Å². The second-order valence-corrected chi connectivity index (χ2v) is 7.86. The number of carbonyl (C=O) groups excluding carboxylic acids is 1. The molecule has 1 N–H and O–H groups in total. The fraction of sp³-hybridized carbons (Fsp3) is 0.500. The van der Waals surface area contributed by atoms with E-state index in [4.69, 9.17) is 4.74 Å². The first-order valence-corrected chi connectivity index (χ1v) is 10.2. The largest absolute Gasteiger partial charge is 0.487 e. The summed E-state index contributed by atoms with van der Waals surface area (Å²) in [6, 6.07) is 8.09. The van der Waals surface area contributed by atoms with Crippen molar-refractivity contribution in [1.82, 2.24) is 15.3 Å². The molecule has 2 heterocycles. The fourth-order valence-corrected chi connectivity index (χ4v) is 3.53. The number of amides is 1. The van der Waals surface area contributed by atoms with Gasteiger partial charge < -0.3 is 15.0 Å². The fourth-order valence-electron chi connectivity index (χ4n) is 3.53. The molecule has 0 spiro atoms. The summed E-state index contributed by atoms with van der Waals surface area (Å²) in [7, 11) is 0. The van der Waals surface area contributed by atoms with Gasteiger partial charge in [-0.25, -0.2) is 9.97 Å². The van der Waals surface area contributed by atoms with Crippen LogP contribution in [0.2, 0.25) is 0 Å². The number of nitrogens with one attached hydrogen (secondary N) is 1. The first-order chi connectivity index (χ1) is 13.6. The summed E-state index contributed by atoms with van der Waals surface area (Å²) in [6.07, 6.45) is 7.14. The van der Waals surface area contributed by atoms with Crippen molar-refractivity contribution in [3.63, 3.8) is 0 Å². The molecule has 1 aliphatic carbocycles. The highest BCUT2D eigenvalue weighted by atomic mass is 16.5. The van der Waals surface area contributed by atoms with Crippen LogP contribution in [0.25, 0.3) is 0 Å². The number of rotatable bonds is 8. The number of carbonyl (C=O) groups is 1.